The fraction of sp³-hybridized carbons (Fsp3) is 0.417. The van der Waals surface area contributed by atoms with E-state index in [0.29, 0.717) is 6.54 Å². The highest BCUT2D eigenvalue weighted by molar-refractivity contribution is 5.85. The van der Waals surface area contributed by atoms with E-state index in [9.17, 15) is 4.79 Å². The normalized spacial score (nSPS) is 9.65. The molecule has 1 aromatic carbocycles. The van der Waals surface area contributed by atoms with Crippen molar-refractivity contribution in [3.8, 4) is 5.75 Å². The Kier molecular flexibility index (Phi) is 7.34. The number of rotatable bonds is 5. The largest absolute Gasteiger partial charge is 0.491 e. The molecule has 1 amide bonds. The van der Waals surface area contributed by atoms with Gasteiger partial charge in [-0.3, -0.25) is 4.79 Å². The van der Waals surface area contributed by atoms with Gasteiger partial charge in [0.1, 0.15) is 5.75 Å². The van der Waals surface area contributed by atoms with Gasteiger partial charge in [-0.05, 0) is 31.5 Å². The Morgan fingerprint density at radius 1 is 1.35 bits per heavy atom. The van der Waals surface area contributed by atoms with Gasteiger partial charge < -0.3 is 15.8 Å². The van der Waals surface area contributed by atoms with E-state index >= 15 is 0 Å². The van der Waals surface area contributed by atoms with Crippen LogP contribution in [0.4, 0.5) is 0 Å². The van der Waals surface area contributed by atoms with Gasteiger partial charge >= 0.3 is 0 Å². The van der Waals surface area contributed by atoms with Gasteiger partial charge in [-0.15, -0.1) is 12.4 Å². The van der Waals surface area contributed by atoms with Gasteiger partial charge in [0.15, 0.2) is 0 Å². The summed E-state index contributed by atoms with van der Waals surface area (Å²) in [5, 5.41) is 2.70. The highest BCUT2D eigenvalue weighted by Crippen LogP contribution is 2.13. The van der Waals surface area contributed by atoms with Crippen LogP contribution in [0.5, 0.6) is 5.75 Å². The lowest BCUT2D eigenvalue weighted by Gasteiger charge is -2.10. The highest BCUT2D eigenvalue weighted by Gasteiger charge is 2.00. The molecule has 0 spiro atoms. The molecule has 3 N–H and O–H groups in total. The molecule has 0 saturated carbocycles. The summed E-state index contributed by atoms with van der Waals surface area (Å²) in [6.07, 6.45) is 0.169. The number of nitrogens with two attached hydrogens (primary N) is 1. The zero-order chi connectivity index (χ0) is 12.0. The maximum Gasteiger partial charge on any atom is 0.234 e. The topological polar surface area (TPSA) is 64.3 Å². The Morgan fingerprint density at radius 3 is 2.41 bits per heavy atom. The van der Waals surface area contributed by atoms with Gasteiger partial charge in [0.2, 0.25) is 5.91 Å². The van der Waals surface area contributed by atoms with Gasteiger partial charge in [-0.25, -0.2) is 0 Å². The molecule has 0 radical (unpaired) electrons. The number of carbonyl (C=O) groups is 1. The van der Waals surface area contributed by atoms with E-state index in [1.165, 1.54) is 0 Å². The molecular formula is C12H19ClN2O2. The lowest BCUT2D eigenvalue weighted by atomic mass is 10.2. The van der Waals surface area contributed by atoms with Gasteiger partial charge in [0.05, 0.1) is 12.6 Å². The summed E-state index contributed by atoms with van der Waals surface area (Å²) >= 11 is 0. The van der Waals surface area contributed by atoms with E-state index in [0.717, 1.165) is 11.3 Å². The summed E-state index contributed by atoms with van der Waals surface area (Å²) in [5.74, 6) is 0.686. The zero-order valence-electron chi connectivity index (χ0n) is 10.1. The highest BCUT2D eigenvalue weighted by atomic mass is 35.5. The molecule has 5 heteroatoms. The van der Waals surface area contributed by atoms with Crippen LogP contribution in [-0.4, -0.2) is 18.6 Å². The summed E-state index contributed by atoms with van der Waals surface area (Å²) in [6.45, 7) is 4.48. The third-order valence-electron chi connectivity index (χ3n) is 1.97. The first-order valence-corrected chi connectivity index (χ1v) is 5.34. The average Bonchev–Trinajstić information content (AvgIpc) is 2.27. The fourth-order valence-electron chi connectivity index (χ4n) is 1.23. The Morgan fingerprint density at radius 2 is 1.94 bits per heavy atom. The summed E-state index contributed by atoms with van der Waals surface area (Å²) in [4.78, 5) is 10.9. The minimum Gasteiger partial charge on any atom is -0.491 e. The molecule has 1 rings (SSSR count). The van der Waals surface area contributed by atoms with Crippen LogP contribution in [0.25, 0.3) is 0 Å². The van der Waals surface area contributed by atoms with Gasteiger partial charge in [-0.2, -0.15) is 0 Å². The van der Waals surface area contributed by atoms with Gasteiger partial charge in [0, 0.05) is 6.54 Å². The third-order valence-corrected chi connectivity index (χ3v) is 1.97. The number of benzene rings is 1. The van der Waals surface area contributed by atoms with Crippen LogP contribution in [0, 0.1) is 0 Å². The number of hydrogen-bond donors (Lipinski definition) is 2. The Balaban J connectivity index is 0.00000256. The SMILES string of the molecule is CC(C)Oc1ccc(CNC(=O)CN)cc1.Cl. The Labute approximate surface area is 108 Å². The first-order chi connectivity index (χ1) is 7.61. The van der Waals surface area contributed by atoms with E-state index in [1.54, 1.807) is 0 Å². The second kappa shape index (κ2) is 7.92. The molecule has 0 aliphatic rings. The van der Waals surface area contributed by atoms with Crippen molar-refractivity contribution in [2.24, 2.45) is 5.73 Å². The molecule has 0 atom stereocenters. The van der Waals surface area contributed by atoms with Crippen LogP contribution in [-0.2, 0) is 11.3 Å². The number of nitrogens with one attached hydrogen (secondary N) is 1. The standard InChI is InChI=1S/C12H18N2O2.ClH/c1-9(2)16-11-5-3-10(4-6-11)8-14-12(15)7-13;/h3-6,9H,7-8,13H2,1-2H3,(H,14,15);1H. The van der Waals surface area contributed by atoms with Crippen LogP contribution in [0.15, 0.2) is 24.3 Å². The van der Waals surface area contributed by atoms with Crippen LogP contribution >= 0.6 is 12.4 Å². The molecule has 0 aromatic heterocycles. The number of amides is 1. The van der Waals surface area contributed by atoms with Crippen molar-refractivity contribution in [1.29, 1.82) is 0 Å². The quantitative estimate of drug-likeness (QED) is 0.841. The van der Waals surface area contributed by atoms with Crippen LogP contribution in [0.1, 0.15) is 19.4 Å². The molecule has 4 nitrogen and oxygen atoms in total. The first-order valence-electron chi connectivity index (χ1n) is 5.34. The third kappa shape index (κ3) is 6.14. The molecule has 0 aliphatic heterocycles. The molecule has 0 aliphatic carbocycles. The molecule has 1 aromatic rings. The molecular weight excluding hydrogens is 240 g/mol. The Hall–Kier alpha value is -1.26. The predicted octanol–water partition coefficient (Wildman–Crippen LogP) is 1.47. The summed E-state index contributed by atoms with van der Waals surface area (Å²) in [6, 6.07) is 7.64. The summed E-state index contributed by atoms with van der Waals surface area (Å²) in [7, 11) is 0. The van der Waals surface area contributed by atoms with E-state index in [4.69, 9.17) is 10.5 Å². The van der Waals surface area contributed by atoms with Crippen molar-refractivity contribution in [3.05, 3.63) is 29.8 Å². The van der Waals surface area contributed by atoms with E-state index < -0.39 is 0 Å². The lowest BCUT2D eigenvalue weighted by Crippen LogP contribution is -2.29. The van der Waals surface area contributed by atoms with Crippen molar-refractivity contribution in [2.75, 3.05) is 6.54 Å². The number of ether oxygens (including phenoxy) is 1. The first kappa shape index (κ1) is 15.7. The number of halogens is 1. The minimum atomic E-state index is -0.150. The Bertz CT molecular complexity index is 339. The monoisotopic (exact) mass is 258 g/mol. The van der Waals surface area contributed by atoms with Gasteiger partial charge in [-0.1, -0.05) is 12.1 Å². The molecule has 96 valence electrons. The lowest BCUT2D eigenvalue weighted by molar-refractivity contribution is -0.119. The second-order valence-electron chi connectivity index (χ2n) is 3.79. The van der Waals surface area contributed by atoms with Crippen LogP contribution in [0.2, 0.25) is 0 Å². The second-order valence-corrected chi connectivity index (χ2v) is 3.79. The molecule has 0 saturated heterocycles. The summed E-state index contributed by atoms with van der Waals surface area (Å²) in [5.41, 5.74) is 6.21. The molecule has 17 heavy (non-hydrogen) atoms. The number of carbonyl (C=O) groups excluding carboxylic acids is 1. The minimum absolute atomic E-state index is 0. The van der Waals surface area contributed by atoms with Crippen molar-refractivity contribution in [2.45, 2.75) is 26.5 Å². The predicted molar refractivity (Wildman–Crippen MR) is 70.4 cm³/mol. The average molecular weight is 259 g/mol. The summed E-state index contributed by atoms with van der Waals surface area (Å²) < 4.78 is 5.51. The van der Waals surface area contributed by atoms with Gasteiger partial charge in [0.25, 0.3) is 0 Å². The van der Waals surface area contributed by atoms with Crippen LogP contribution < -0.4 is 15.8 Å². The molecule has 0 bridgehead atoms. The van der Waals surface area contributed by atoms with Crippen molar-refractivity contribution in [3.63, 3.8) is 0 Å². The van der Waals surface area contributed by atoms with E-state index in [1.807, 2.05) is 38.1 Å². The molecule has 0 fully saturated rings. The number of hydrogen-bond acceptors (Lipinski definition) is 3. The van der Waals surface area contributed by atoms with E-state index in [-0.39, 0.29) is 31.0 Å². The van der Waals surface area contributed by atoms with Crippen LogP contribution in [0.3, 0.4) is 0 Å². The molecule has 0 unspecified atom stereocenters. The van der Waals surface area contributed by atoms with Crippen molar-refractivity contribution >= 4 is 18.3 Å². The maximum absolute atomic E-state index is 10.9. The smallest absolute Gasteiger partial charge is 0.234 e. The molecule has 0 heterocycles. The van der Waals surface area contributed by atoms with Crippen molar-refractivity contribution < 1.29 is 9.53 Å². The van der Waals surface area contributed by atoms with E-state index in [2.05, 4.69) is 5.32 Å². The zero-order valence-corrected chi connectivity index (χ0v) is 10.9. The maximum atomic E-state index is 10.9. The fourth-order valence-corrected chi connectivity index (χ4v) is 1.23. The van der Waals surface area contributed by atoms with Crippen molar-refractivity contribution in [1.82, 2.24) is 5.32 Å².